The van der Waals surface area contributed by atoms with E-state index in [0.717, 1.165) is 12.8 Å². The van der Waals surface area contributed by atoms with E-state index in [4.69, 9.17) is 11.5 Å². The molecule has 1 fully saturated rings. The minimum absolute atomic E-state index is 0.192. The molecule has 4 N–H and O–H groups in total. The Hall–Kier alpha value is -1.52. The van der Waals surface area contributed by atoms with Crippen LogP contribution < -0.4 is 11.5 Å². The van der Waals surface area contributed by atoms with Crippen LogP contribution in [0.15, 0.2) is 6.33 Å². The zero-order chi connectivity index (χ0) is 10.1. The summed E-state index contributed by atoms with van der Waals surface area (Å²) in [7, 11) is 0. The molecule has 1 heterocycles. The molecule has 14 heavy (non-hydrogen) atoms. The Morgan fingerprint density at radius 2 is 2.14 bits per heavy atom. The second-order valence-electron chi connectivity index (χ2n) is 3.69. The van der Waals surface area contributed by atoms with E-state index >= 15 is 0 Å². The molecule has 1 aromatic heterocycles. The van der Waals surface area contributed by atoms with Crippen LogP contribution in [0.1, 0.15) is 42.2 Å². The third-order valence-corrected chi connectivity index (χ3v) is 2.78. The molecular formula is C9H14N4O. The van der Waals surface area contributed by atoms with Crippen molar-refractivity contribution in [3.05, 3.63) is 12.0 Å². The topological polar surface area (TPSA) is 86.9 Å². The van der Waals surface area contributed by atoms with Crippen LogP contribution in [-0.2, 0) is 0 Å². The molecule has 0 saturated heterocycles. The monoisotopic (exact) mass is 194 g/mol. The summed E-state index contributed by atoms with van der Waals surface area (Å²) in [5.41, 5.74) is 11.1. The van der Waals surface area contributed by atoms with E-state index in [2.05, 4.69) is 4.98 Å². The summed E-state index contributed by atoms with van der Waals surface area (Å²) < 4.78 is 1.87. The third kappa shape index (κ3) is 1.34. The first-order valence-corrected chi connectivity index (χ1v) is 4.82. The summed E-state index contributed by atoms with van der Waals surface area (Å²) in [6.07, 6.45) is 6.27. The van der Waals surface area contributed by atoms with Gasteiger partial charge < -0.3 is 16.0 Å². The van der Waals surface area contributed by atoms with Crippen molar-refractivity contribution in [3.8, 4) is 0 Å². The number of nitrogens with zero attached hydrogens (tertiary/aromatic N) is 2. The van der Waals surface area contributed by atoms with E-state index in [-0.39, 0.29) is 5.69 Å². The maximum absolute atomic E-state index is 10.9. The Labute approximate surface area is 82.1 Å². The van der Waals surface area contributed by atoms with Crippen molar-refractivity contribution in [1.29, 1.82) is 0 Å². The van der Waals surface area contributed by atoms with E-state index in [1.165, 1.54) is 12.8 Å². The molecule has 2 rings (SSSR count). The maximum Gasteiger partial charge on any atom is 0.271 e. The molecule has 0 aliphatic heterocycles. The lowest BCUT2D eigenvalue weighted by Gasteiger charge is -2.12. The summed E-state index contributed by atoms with van der Waals surface area (Å²) in [6.45, 7) is 0. The van der Waals surface area contributed by atoms with Gasteiger partial charge in [0.25, 0.3) is 5.91 Å². The van der Waals surface area contributed by atoms with Crippen molar-refractivity contribution in [2.75, 3.05) is 5.73 Å². The lowest BCUT2D eigenvalue weighted by molar-refractivity contribution is 0.0997. The van der Waals surface area contributed by atoms with Crippen LogP contribution in [0.3, 0.4) is 0 Å². The minimum atomic E-state index is -0.556. The number of carbonyl (C=O) groups is 1. The van der Waals surface area contributed by atoms with E-state index in [9.17, 15) is 4.79 Å². The van der Waals surface area contributed by atoms with Crippen LogP contribution in [0.25, 0.3) is 0 Å². The van der Waals surface area contributed by atoms with Gasteiger partial charge in [-0.3, -0.25) is 4.79 Å². The highest BCUT2D eigenvalue weighted by Gasteiger charge is 2.21. The number of amides is 1. The predicted molar refractivity (Wildman–Crippen MR) is 52.7 cm³/mol. The summed E-state index contributed by atoms with van der Waals surface area (Å²) in [5, 5.41) is 0. The van der Waals surface area contributed by atoms with Gasteiger partial charge in [0.1, 0.15) is 5.82 Å². The highest BCUT2D eigenvalue weighted by atomic mass is 16.1. The number of rotatable bonds is 2. The Kier molecular flexibility index (Phi) is 2.15. The molecule has 1 amide bonds. The normalized spacial score (nSPS) is 17.4. The molecule has 0 unspecified atom stereocenters. The van der Waals surface area contributed by atoms with Gasteiger partial charge in [-0.1, -0.05) is 12.8 Å². The van der Waals surface area contributed by atoms with Gasteiger partial charge in [-0.15, -0.1) is 0 Å². The molecule has 1 saturated carbocycles. The van der Waals surface area contributed by atoms with Gasteiger partial charge in [0, 0.05) is 6.04 Å². The van der Waals surface area contributed by atoms with Crippen molar-refractivity contribution in [1.82, 2.24) is 9.55 Å². The molecule has 1 aliphatic carbocycles. The lowest BCUT2D eigenvalue weighted by atomic mass is 10.2. The van der Waals surface area contributed by atoms with Crippen molar-refractivity contribution in [3.63, 3.8) is 0 Å². The Morgan fingerprint density at radius 1 is 1.50 bits per heavy atom. The molecule has 0 radical (unpaired) electrons. The summed E-state index contributed by atoms with van der Waals surface area (Å²) in [6, 6.07) is 0.399. The zero-order valence-electron chi connectivity index (χ0n) is 7.94. The van der Waals surface area contributed by atoms with Gasteiger partial charge >= 0.3 is 0 Å². The fraction of sp³-hybridized carbons (Fsp3) is 0.556. The number of nitrogens with two attached hydrogens (primary N) is 2. The fourth-order valence-corrected chi connectivity index (χ4v) is 2.03. The van der Waals surface area contributed by atoms with Gasteiger partial charge in [-0.25, -0.2) is 4.98 Å². The molecular weight excluding hydrogens is 180 g/mol. The first-order chi connectivity index (χ1) is 6.70. The van der Waals surface area contributed by atoms with E-state index in [1.807, 2.05) is 4.57 Å². The second kappa shape index (κ2) is 3.32. The van der Waals surface area contributed by atoms with Gasteiger partial charge in [0.05, 0.1) is 6.33 Å². The van der Waals surface area contributed by atoms with E-state index < -0.39 is 5.91 Å². The number of imidazole rings is 1. The highest BCUT2D eigenvalue weighted by Crippen LogP contribution is 2.31. The SMILES string of the molecule is NC(=O)c1ncn(C2CCCC2)c1N. The number of nitrogen functional groups attached to an aromatic ring is 1. The van der Waals surface area contributed by atoms with Crippen molar-refractivity contribution < 1.29 is 4.79 Å². The minimum Gasteiger partial charge on any atom is -0.383 e. The van der Waals surface area contributed by atoms with Gasteiger partial charge in [-0.05, 0) is 12.8 Å². The number of primary amides is 1. The first kappa shape index (κ1) is 9.05. The summed E-state index contributed by atoms with van der Waals surface area (Å²) in [5.74, 6) is -0.149. The maximum atomic E-state index is 10.9. The number of aromatic nitrogens is 2. The van der Waals surface area contributed by atoms with Crippen LogP contribution in [0, 0.1) is 0 Å². The number of anilines is 1. The first-order valence-electron chi connectivity index (χ1n) is 4.82. The molecule has 1 aliphatic rings. The molecule has 1 aromatic rings. The van der Waals surface area contributed by atoms with Crippen molar-refractivity contribution >= 4 is 11.7 Å². The summed E-state index contributed by atoms with van der Waals surface area (Å²) >= 11 is 0. The van der Waals surface area contributed by atoms with Crippen LogP contribution >= 0.6 is 0 Å². The van der Waals surface area contributed by atoms with Gasteiger partial charge in [0.15, 0.2) is 5.69 Å². The molecule has 76 valence electrons. The second-order valence-corrected chi connectivity index (χ2v) is 3.69. The lowest BCUT2D eigenvalue weighted by Crippen LogP contribution is -2.15. The average Bonchev–Trinajstić information content (AvgIpc) is 2.71. The zero-order valence-corrected chi connectivity index (χ0v) is 7.94. The Balaban J connectivity index is 2.30. The Bertz CT molecular complexity index is 352. The van der Waals surface area contributed by atoms with Gasteiger partial charge in [0.2, 0.25) is 0 Å². The van der Waals surface area contributed by atoms with Gasteiger partial charge in [-0.2, -0.15) is 0 Å². The molecule has 0 spiro atoms. The van der Waals surface area contributed by atoms with Crippen molar-refractivity contribution in [2.45, 2.75) is 31.7 Å². The van der Waals surface area contributed by atoms with Crippen molar-refractivity contribution in [2.24, 2.45) is 5.73 Å². The number of carbonyl (C=O) groups excluding carboxylic acids is 1. The van der Waals surface area contributed by atoms with Crippen LogP contribution in [-0.4, -0.2) is 15.5 Å². The summed E-state index contributed by atoms with van der Waals surface area (Å²) in [4.78, 5) is 14.8. The standard InChI is InChI=1S/C9H14N4O/c10-8-7(9(11)14)12-5-13(8)6-3-1-2-4-6/h5-6H,1-4,10H2,(H2,11,14). The molecule has 5 nitrogen and oxygen atoms in total. The predicted octanol–water partition coefficient (Wildman–Crippen LogP) is 0.679. The largest absolute Gasteiger partial charge is 0.383 e. The molecule has 0 aromatic carbocycles. The molecule has 0 bridgehead atoms. The smallest absolute Gasteiger partial charge is 0.271 e. The number of hydrogen-bond acceptors (Lipinski definition) is 3. The van der Waals surface area contributed by atoms with E-state index in [1.54, 1.807) is 6.33 Å². The van der Waals surface area contributed by atoms with Crippen LogP contribution in [0.2, 0.25) is 0 Å². The average molecular weight is 194 g/mol. The molecule has 0 atom stereocenters. The number of hydrogen-bond donors (Lipinski definition) is 2. The Morgan fingerprint density at radius 3 is 2.64 bits per heavy atom. The quantitative estimate of drug-likeness (QED) is 0.725. The van der Waals surface area contributed by atoms with Crippen LogP contribution in [0.4, 0.5) is 5.82 Å². The third-order valence-electron chi connectivity index (χ3n) is 2.78. The van der Waals surface area contributed by atoms with Crippen LogP contribution in [0.5, 0.6) is 0 Å². The molecule has 5 heteroatoms. The fourth-order valence-electron chi connectivity index (χ4n) is 2.03. The van der Waals surface area contributed by atoms with E-state index in [0.29, 0.717) is 11.9 Å². The highest BCUT2D eigenvalue weighted by molar-refractivity contribution is 5.95.